The Kier molecular flexibility index (Phi) is 4.01. The van der Waals surface area contributed by atoms with Crippen LogP contribution in [0.15, 0.2) is 15.9 Å². The lowest BCUT2D eigenvalue weighted by Crippen LogP contribution is -2.37. The third-order valence-electron chi connectivity index (χ3n) is 3.06. The highest BCUT2D eigenvalue weighted by molar-refractivity contribution is 7.85. The van der Waals surface area contributed by atoms with E-state index >= 15 is 0 Å². The van der Waals surface area contributed by atoms with Gasteiger partial charge in [-0.2, -0.15) is 8.42 Å². The molecule has 0 aliphatic carbocycles. The molecule has 0 bridgehead atoms. The first-order chi connectivity index (χ1) is 9.72. The molecule has 0 aliphatic heterocycles. The maximum absolute atomic E-state index is 12.1. The molecule has 0 N–H and O–H groups in total. The highest BCUT2D eigenvalue weighted by Crippen LogP contribution is 2.06. The molecule has 0 aliphatic rings. The van der Waals surface area contributed by atoms with Crippen LogP contribution in [-0.2, 0) is 34.9 Å². The van der Waals surface area contributed by atoms with Gasteiger partial charge in [0, 0.05) is 20.6 Å². The molecule has 2 rings (SSSR count). The van der Waals surface area contributed by atoms with Crippen molar-refractivity contribution in [1.29, 1.82) is 0 Å². The monoisotopic (exact) mass is 316 g/mol. The summed E-state index contributed by atoms with van der Waals surface area (Å²) in [4.78, 5) is 28.0. The third-order valence-corrected chi connectivity index (χ3v) is 3.65. The zero-order valence-electron chi connectivity index (χ0n) is 11.9. The summed E-state index contributed by atoms with van der Waals surface area (Å²) in [6.45, 7) is 0.379. The molecule has 0 saturated heterocycles. The quantitative estimate of drug-likeness (QED) is 0.507. The Balaban J connectivity index is 2.31. The SMILES string of the molecule is Cn1c(=O)c2c(ncn2CCCOS(C)(=O)=O)n(C)c1=O. The maximum Gasteiger partial charge on any atom is 0.332 e. The number of nitrogens with zero attached hydrogens (tertiary/aromatic N) is 4. The fourth-order valence-electron chi connectivity index (χ4n) is 2.01. The molecule has 10 heteroatoms. The number of hydrogen-bond donors (Lipinski definition) is 0. The van der Waals surface area contributed by atoms with Crippen molar-refractivity contribution < 1.29 is 12.6 Å². The molecule has 2 heterocycles. The Morgan fingerprint density at radius 3 is 2.52 bits per heavy atom. The molecule has 21 heavy (non-hydrogen) atoms. The van der Waals surface area contributed by atoms with E-state index in [2.05, 4.69) is 9.17 Å². The number of imidazole rings is 1. The lowest BCUT2D eigenvalue weighted by atomic mass is 10.4. The Hall–Kier alpha value is -1.94. The summed E-state index contributed by atoms with van der Waals surface area (Å²) < 4.78 is 30.2. The molecule has 0 saturated carbocycles. The molecule has 0 radical (unpaired) electrons. The average molecular weight is 316 g/mol. The Morgan fingerprint density at radius 1 is 1.24 bits per heavy atom. The van der Waals surface area contributed by atoms with Gasteiger partial charge in [0.05, 0.1) is 19.2 Å². The molecule has 0 amide bonds. The van der Waals surface area contributed by atoms with E-state index in [1.165, 1.54) is 25.0 Å². The van der Waals surface area contributed by atoms with Crippen LogP contribution >= 0.6 is 0 Å². The number of fused-ring (bicyclic) bond motifs is 1. The minimum Gasteiger partial charge on any atom is -0.325 e. The van der Waals surface area contributed by atoms with Crippen molar-refractivity contribution in [3.05, 3.63) is 27.2 Å². The summed E-state index contributed by atoms with van der Waals surface area (Å²) in [5.41, 5.74) is -0.279. The summed E-state index contributed by atoms with van der Waals surface area (Å²) in [7, 11) is -0.538. The van der Waals surface area contributed by atoms with Crippen molar-refractivity contribution in [2.75, 3.05) is 12.9 Å². The zero-order valence-corrected chi connectivity index (χ0v) is 12.8. The molecule has 0 unspecified atom stereocenters. The lowest BCUT2D eigenvalue weighted by molar-refractivity contribution is 0.308. The van der Waals surface area contributed by atoms with Gasteiger partial charge in [-0.3, -0.25) is 18.1 Å². The van der Waals surface area contributed by atoms with Crippen molar-refractivity contribution in [2.24, 2.45) is 14.1 Å². The third kappa shape index (κ3) is 3.05. The van der Waals surface area contributed by atoms with Gasteiger partial charge in [-0.1, -0.05) is 0 Å². The Bertz CT molecular complexity index is 890. The topological polar surface area (TPSA) is 105 Å². The predicted molar refractivity (Wildman–Crippen MR) is 75.6 cm³/mol. The molecule has 0 fully saturated rings. The second-order valence-corrected chi connectivity index (χ2v) is 6.34. The van der Waals surface area contributed by atoms with Gasteiger partial charge in [0.25, 0.3) is 15.7 Å². The standard InChI is InChI=1S/C11H16N4O5S/c1-13-9-8(10(16)14(2)11(13)17)15(7-12-9)5-4-6-20-21(3,18)19/h7H,4-6H2,1-3H3. The van der Waals surface area contributed by atoms with E-state index in [0.29, 0.717) is 24.1 Å². The van der Waals surface area contributed by atoms with Crippen molar-refractivity contribution in [1.82, 2.24) is 18.7 Å². The van der Waals surface area contributed by atoms with Gasteiger partial charge < -0.3 is 4.57 Å². The molecule has 0 atom stereocenters. The van der Waals surface area contributed by atoms with Gasteiger partial charge in [0.2, 0.25) is 0 Å². The van der Waals surface area contributed by atoms with Crippen LogP contribution in [0, 0.1) is 0 Å². The van der Waals surface area contributed by atoms with Crippen LogP contribution in [0.3, 0.4) is 0 Å². The zero-order chi connectivity index (χ0) is 15.8. The fourth-order valence-corrected chi connectivity index (χ4v) is 2.43. The number of hydrogen-bond acceptors (Lipinski definition) is 6. The van der Waals surface area contributed by atoms with Crippen LogP contribution < -0.4 is 11.2 Å². The molecule has 2 aromatic heterocycles. The molecule has 9 nitrogen and oxygen atoms in total. The molecule has 2 aromatic rings. The van der Waals surface area contributed by atoms with E-state index in [1.54, 1.807) is 4.57 Å². The second-order valence-electron chi connectivity index (χ2n) is 4.70. The maximum atomic E-state index is 12.1. The fraction of sp³-hybridized carbons (Fsp3) is 0.545. The number of aromatic nitrogens is 4. The van der Waals surface area contributed by atoms with Crippen molar-refractivity contribution in [3.63, 3.8) is 0 Å². The molecular weight excluding hydrogens is 300 g/mol. The average Bonchev–Trinajstić information content (AvgIpc) is 2.82. The van der Waals surface area contributed by atoms with Gasteiger partial charge in [0.1, 0.15) is 0 Å². The molecule has 116 valence electrons. The van der Waals surface area contributed by atoms with Crippen LogP contribution in [0.5, 0.6) is 0 Å². The van der Waals surface area contributed by atoms with Crippen molar-refractivity contribution >= 4 is 21.3 Å². The van der Waals surface area contributed by atoms with E-state index in [9.17, 15) is 18.0 Å². The molecule has 0 aromatic carbocycles. The van der Waals surface area contributed by atoms with Gasteiger partial charge in [-0.05, 0) is 6.42 Å². The van der Waals surface area contributed by atoms with Crippen LogP contribution in [0.1, 0.15) is 6.42 Å². The smallest absolute Gasteiger partial charge is 0.325 e. The first-order valence-electron chi connectivity index (χ1n) is 6.17. The first kappa shape index (κ1) is 15.4. The Labute approximate surface area is 120 Å². The lowest BCUT2D eigenvalue weighted by Gasteiger charge is -2.06. The summed E-state index contributed by atoms with van der Waals surface area (Å²) in [5, 5.41) is 0. The van der Waals surface area contributed by atoms with Gasteiger partial charge >= 0.3 is 5.69 Å². The van der Waals surface area contributed by atoms with Crippen molar-refractivity contribution in [2.45, 2.75) is 13.0 Å². The Morgan fingerprint density at radius 2 is 1.90 bits per heavy atom. The van der Waals surface area contributed by atoms with Gasteiger partial charge in [0.15, 0.2) is 11.2 Å². The summed E-state index contributed by atoms with van der Waals surface area (Å²) >= 11 is 0. The van der Waals surface area contributed by atoms with Crippen LogP contribution in [0.4, 0.5) is 0 Å². The van der Waals surface area contributed by atoms with Crippen LogP contribution in [0.25, 0.3) is 11.2 Å². The molecular formula is C11H16N4O5S. The minimum absolute atomic E-state index is 0.0184. The van der Waals surface area contributed by atoms with E-state index < -0.39 is 21.4 Å². The van der Waals surface area contributed by atoms with E-state index in [1.807, 2.05) is 0 Å². The van der Waals surface area contributed by atoms with E-state index in [0.717, 1.165) is 10.8 Å². The van der Waals surface area contributed by atoms with E-state index in [4.69, 9.17) is 0 Å². The highest BCUT2D eigenvalue weighted by atomic mass is 32.2. The number of rotatable bonds is 5. The normalized spacial score (nSPS) is 12.1. The highest BCUT2D eigenvalue weighted by Gasteiger charge is 2.14. The second kappa shape index (κ2) is 5.45. The number of aryl methyl sites for hydroxylation is 2. The van der Waals surface area contributed by atoms with Crippen LogP contribution in [-0.4, -0.2) is 40.0 Å². The summed E-state index contributed by atoms with van der Waals surface area (Å²) in [5.74, 6) is 0. The summed E-state index contributed by atoms with van der Waals surface area (Å²) in [6.07, 6.45) is 2.82. The van der Waals surface area contributed by atoms with Crippen LogP contribution in [0.2, 0.25) is 0 Å². The molecule has 0 spiro atoms. The van der Waals surface area contributed by atoms with E-state index in [-0.39, 0.29) is 6.61 Å². The summed E-state index contributed by atoms with van der Waals surface area (Å²) in [6, 6.07) is 0. The minimum atomic E-state index is -3.47. The largest absolute Gasteiger partial charge is 0.332 e. The predicted octanol–water partition coefficient (Wildman–Crippen LogP) is -1.20. The van der Waals surface area contributed by atoms with Crippen molar-refractivity contribution in [3.8, 4) is 0 Å². The van der Waals surface area contributed by atoms with Gasteiger partial charge in [-0.25, -0.2) is 9.78 Å². The first-order valence-corrected chi connectivity index (χ1v) is 7.99. The van der Waals surface area contributed by atoms with Gasteiger partial charge in [-0.15, -0.1) is 0 Å².